The van der Waals surface area contributed by atoms with Gasteiger partial charge in [-0.15, -0.1) is 11.8 Å². The van der Waals surface area contributed by atoms with Crippen LogP contribution in [0.25, 0.3) is 6.08 Å². The second-order valence-electron chi connectivity index (χ2n) is 6.09. The lowest BCUT2D eigenvalue weighted by Crippen LogP contribution is -2.27. The van der Waals surface area contributed by atoms with Crippen LogP contribution in [-0.2, 0) is 11.3 Å². The lowest BCUT2D eigenvalue weighted by molar-refractivity contribution is -0.387. The van der Waals surface area contributed by atoms with E-state index >= 15 is 0 Å². The molecule has 3 rings (SSSR count). The van der Waals surface area contributed by atoms with E-state index in [4.69, 9.17) is 5.11 Å². The average Bonchev–Trinajstić information content (AvgIpc) is 3.00. The van der Waals surface area contributed by atoms with E-state index in [1.54, 1.807) is 36.4 Å². The maximum absolute atomic E-state index is 12.7. The van der Waals surface area contributed by atoms with Gasteiger partial charge in [0.25, 0.3) is 16.8 Å². The van der Waals surface area contributed by atoms with Crippen LogP contribution < -0.4 is 0 Å². The van der Waals surface area contributed by atoms with Crippen molar-refractivity contribution in [2.75, 3.05) is 12.4 Å². The minimum Gasteiger partial charge on any atom is -0.396 e. The fourth-order valence-corrected chi connectivity index (χ4v) is 4.36. The molecule has 2 amide bonds. The molecule has 10 heteroatoms. The van der Waals surface area contributed by atoms with E-state index in [0.29, 0.717) is 27.3 Å². The van der Waals surface area contributed by atoms with Gasteiger partial charge >= 0.3 is 0 Å². The Morgan fingerprint density at radius 1 is 1.27 bits per heavy atom. The first kappa shape index (κ1) is 21.6. The van der Waals surface area contributed by atoms with Crippen molar-refractivity contribution in [3.05, 3.63) is 74.2 Å². The van der Waals surface area contributed by atoms with E-state index in [1.165, 1.54) is 12.1 Å². The molecule has 0 atom stereocenters. The summed E-state index contributed by atoms with van der Waals surface area (Å²) in [4.78, 5) is 37.5. The Kier molecular flexibility index (Phi) is 6.89. The summed E-state index contributed by atoms with van der Waals surface area (Å²) in [7, 11) is 0. The first-order chi connectivity index (χ1) is 14.4. The third-order valence-electron chi connectivity index (χ3n) is 4.17. The molecule has 152 valence electrons. The third-order valence-corrected chi connectivity index (χ3v) is 6.12. The van der Waals surface area contributed by atoms with Crippen molar-refractivity contribution in [3.8, 4) is 6.07 Å². The molecule has 1 aliphatic heterocycles. The van der Waals surface area contributed by atoms with Crippen LogP contribution in [0.3, 0.4) is 0 Å². The molecular formula is C20H15N3O5S2. The Labute approximate surface area is 180 Å². The highest BCUT2D eigenvalue weighted by molar-refractivity contribution is 8.18. The summed E-state index contributed by atoms with van der Waals surface area (Å²) in [5, 5.41) is 29.0. The Morgan fingerprint density at radius 2 is 2.03 bits per heavy atom. The van der Waals surface area contributed by atoms with Crippen LogP contribution in [0.1, 0.15) is 16.7 Å². The summed E-state index contributed by atoms with van der Waals surface area (Å²) in [6.07, 6.45) is 1.44. The fourth-order valence-electron chi connectivity index (χ4n) is 2.77. The number of nitrogens with zero attached hydrogens (tertiary/aromatic N) is 3. The first-order valence-electron chi connectivity index (χ1n) is 8.70. The van der Waals surface area contributed by atoms with Crippen LogP contribution in [0, 0.1) is 21.4 Å². The van der Waals surface area contributed by atoms with Crippen LogP contribution in [-0.4, -0.2) is 38.4 Å². The zero-order valence-electron chi connectivity index (χ0n) is 15.5. The van der Waals surface area contributed by atoms with Crippen LogP contribution in [0.5, 0.6) is 0 Å². The molecule has 0 spiro atoms. The van der Waals surface area contributed by atoms with Crippen molar-refractivity contribution in [1.29, 1.82) is 5.26 Å². The number of imide groups is 1. The molecule has 1 aliphatic rings. The zero-order valence-corrected chi connectivity index (χ0v) is 17.1. The number of benzene rings is 2. The Balaban J connectivity index is 1.85. The van der Waals surface area contributed by atoms with Crippen molar-refractivity contribution >= 4 is 46.4 Å². The van der Waals surface area contributed by atoms with Gasteiger partial charge in [0.15, 0.2) is 0 Å². The van der Waals surface area contributed by atoms with Gasteiger partial charge in [0.2, 0.25) is 0 Å². The normalized spacial score (nSPS) is 14.9. The largest absolute Gasteiger partial charge is 0.396 e. The molecule has 0 aromatic heterocycles. The number of nitro benzene ring substituents is 1. The number of rotatable bonds is 7. The van der Waals surface area contributed by atoms with Gasteiger partial charge in [-0.2, -0.15) is 5.26 Å². The van der Waals surface area contributed by atoms with Crippen molar-refractivity contribution in [2.24, 2.45) is 0 Å². The average molecular weight is 441 g/mol. The molecule has 1 saturated heterocycles. The Morgan fingerprint density at radius 3 is 2.73 bits per heavy atom. The van der Waals surface area contributed by atoms with Crippen molar-refractivity contribution in [1.82, 2.24) is 4.90 Å². The summed E-state index contributed by atoms with van der Waals surface area (Å²) >= 11 is 1.91. The minimum atomic E-state index is -0.526. The molecule has 0 aliphatic carbocycles. The number of carbonyl (C=O) groups excluding carboxylic acids is 2. The standard InChI is InChI=1S/C20H15N3O5S2/c21-11-14-3-1-2-4-15(14)12-22-19(25)18(30-20(22)26)10-13-5-6-17(29-8-7-24)16(9-13)23(27)28/h1-6,9-10,24H,7-8,12H2. The predicted molar refractivity (Wildman–Crippen MR) is 114 cm³/mol. The SMILES string of the molecule is N#Cc1ccccc1CN1C(=O)SC(=Cc2ccc(SCCO)c([N+](=O)[O-])c2)C1=O. The highest BCUT2D eigenvalue weighted by atomic mass is 32.2. The van der Waals surface area contributed by atoms with Gasteiger partial charge in [0.05, 0.1) is 39.5 Å². The van der Waals surface area contributed by atoms with E-state index in [1.807, 2.05) is 6.07 Å². The molecular weight excluding hydrogens is 426 g/mol. The number of aliphatic hydroxyl groups is 1. The van der Waals surface area contributed by atoms with E-state index in [-0.39, 0.29) is 23.7 Å². The maximum atomic E-state index is 12.7. The van der Waals surface area contributed by atoms with Gasteiger partial charge in [-0.05, 0) is 41.1 Å². The number of aliphatic hydroxyl groups excluding tert-OH is 1. The number of hydrogen-bond acceptors (Lipinski definition) is 8. The molecule has 2 aromatic carbocycles. The van der Waals surface area contributed by atoms with Crippen LogP contribution in [0.15, 0.2) is 52.3 Å². The van der Waals surface area contributed by atoms with Gasteiger partial charge < -0.3 is 5.11 Å². The lowest BCUT2D eigenvalue weighted by atomic mass is 10.1. The number of nitriles is 1. The maximum Gasteiger partial charge on any atom is 0.293 e. The number of amides is 2. The molecule has 0 unspecified atom stereocenters. The monoisotopic (exact) mass is 441 g/mol. The van der Waals surface area contributed by atoms with Gasteiger partial charge in [-0.3, -0.25) is 24.6 Å². The van der Waals surface area contributed by atoms with Crippen molar-refractivity contribution in [2.45, 2.75) is 11.4 Å². The molecule has 1 fully saturated rings. The quantitative estimate of drug-likeness (QED) is 0.298. The Hall–Kier alpha value is -3.13. The van der Waals surface area contributed by atoms with Crippen LogP contribution in [0.4, 0.5) is 10.5 Å². The zero-order chi connectivity index (χ0) is 21.7. The first-order valence-corrected chi connectivity index (χ1v) is 10.5. The molecule has 0 bridgehead atoms. The molecule has 1 N–H and O–H groups in total. The van der Waals surface area contributed by atoms with E-state index in [2.05, 4.69) is 0 Å². The lowest BCUT2D eigenvalue weighted by Gasteiger charge is -2.13. The second-order valence-corrected chi connectivity index (χ2v) is 8.22. The highest BCUT2D eigenvalue weighted by Crippen LogP contribution is 2.35. The van der Waals surface area contributed by atoms with Gasteiger partial charge in [0.1, 0.15) is 0 Å². The van der Waals surface area contributed by atoms with Gasteiger partial charge in [-0.1, -0.05) is 24.3 Å². The summed E-state index contributed by atoms with van der Waals surface area (Å²) in [6, 6.07) is 13.2. The number of thioether (sulfide) groups is 2. The molecule has 8 nitrogen and oxygen atoms in total. The smallest absolute Gasteiger partial charge is 0.293 e. The fraction of sp³-hybridized carbons (Fsp3) is 0.150. The summed E-state index contributed by atoms with van der Waals surface area (Å²) in [5.41, 5.74) is 1.22. The topological polar surface area (TPSA) is 125 Å². The summed E-state index contributed by atoms with van der Waals surface area (Å²) in [5.74, 6) is -0.192. The number of hydrogen-bond donors (Lipinski definition) is 1. The Bertz CT molecular complexity index is 1090. The molecule has 2 aromatic rings. The molecule has 1 heterocycles. The van der Waals surface area contributed by atoms with Crippen LogP contribution in [0.2, 0.25) is 0 Å². The van der Waals surface area contributed by atoms with Gasteiger partial charge in [-0.25, -0.2) is 0 Å². The minimum absolute atomic E-state index is 0.0252. The summed E-state index contributed by atoms with van der Waals surface area (Å²) < 4.78 is 0. The second kappa shape index (κ2) is 9.58. The third kappa shape index (κ3) is 4.71. The molecule has 0 saturated carbocycles. The predicted octanol–water partition coefficient (Wildman–Crippen LogP) is 3.79. The number of carbonyl (C=O) groups is 2. The molecule has 0 radical (unpaired) electrons. The summed E-state index contributed by atoms with van der Waals surface area (Å²) in [6.45, 7) is -0.131. The van der Waals surface area contributed by atoms with Crippen molar-refractivity contribution < 1.29 is 19.6 Å². The van der Waals surface area contributed by atoms with E-state index in [0.717, 1.165) is 28.4 Å². The molecule has 30 heavy (non-hydrogen) atoms. The van der Waals surface area contributed by atoms with E-state index in [9.17, 15) is 25.0 Å². The van der Waals surface area contributed by atoms with Crippen LogP contribution >= 0.6 is 23.5 Å². The number of nitro groups is 1. The van der Waals surface area contributed by atoms with E-state index < -0.39 is 16.1 Å². The highest BCUT2D eigenvalue weighted by Gasteiger charge is 2.35. The van der Waals surface area contributed by atoms with Gasteiger partial charge in [0, 0.05) is 11.8 Å². The van der Waals surface area contributed by atoms with Crippen molar-refractivity contribution in [3.63, 3.8) is 0 Å².